The highest BCUT2D eigenvalue weighted by atomic mass is 127. The molecule has 0 saturated carbocycles. The summed E-state index contributed by atoms with van der Waals surface area (Å²) in [6, 6.07) is 4.82. The largest absolute Gasteiger partial charge is 0.357 e. The number of halogens is 1. The number of carbonyl (C=O) groups excluding carboxylic acids is 1. The van der Waals surface area contributed by atoms with Crippen molar-refractivity contribution < 1.29 is 4.79 Å². The highest BCUT2D eigenvalue weighted by Gasteiger charge is 2.31. The molecule has 6 nitrogen and oxygen atoms in total. The van der Waals surface area contributed by atoms with Crippen LogP contribution in [0.4, 0.5) is 0 Å². The van der Waals surface area contributed by atoms with Crippen LogP contribution >= 0.6 is 35.3 Å². The van der Waals surface area contributed by atoms with Gasteiger partial charge in [-0.1, -0.05) is 6.07 Å². The zero-order chi connectivity index (χ0) is 18.1. The number of rotatable bonds is 7. The average Bonchev–Trinajstić information content (AvgIpc) is 3.11. The van der Waals surface area contributed by atoms with Crippen molar-refractivity contribution in [3.63, 3.8) is 0 Å². The summed E-state index contributed by atoms with van der Waals surface area (Å²) in [5, 5.41) is 11.6. The molecule has 1 fully saturated rings. The SMILES string of the molecule is CCNC(=O)CN=C(NCC)NCC1CCCN(C)C1c1cccs1.I. The maximum absolute atomic E-state index is 11.6. The Labute approximate surface area is 178 Å². The van der Waals surface area contributed by atoms with Crippen molar-refractivity contribution in [1.29, 1.82) is 0 Å². The summed E-state index contributed by atoms with van der Waals surface area (Å²) in [5.74, 6) is 1.20. The van der Waals surface area contributed by atoms with Gasteiger partial charge in [0.2, 0.25) is 5.91 Å². The van der Waals surface area contributed by atoms with Gasteiger partial charge >= 0.3 is 0 Å². The number of piperidine rings is 1. The van der Waals surface area contributed by atoms with Crippen LogP contribution in [0, 0.1) is 5.92 Å². The van der Waals surface area contributed by atoms with Crippen LogP contribution < -0.4 is 16.0 Å². The maximum atomic E-state index is 11.6. The smallest absolute Gasteiger partial charge is 0.241 e. The number of guanidine groups is 1. The van der Waals surface area contributed by atoms with E-state index in [0.717, 1.165) is 19.6 Å². The van der Waals surface area contributed by atoms with Gasteiger partial charge < -0.3 is 16.0 Å². The molecule has 0 radical (unpaired) electrons. The molecular formula is C18H32IN5OS. The predicted molar refractivity (Wildman–Crippen MR) is 120 cm³/mol. The lowest BCUT2D eigenvalue weighted by molar-refractivity contribution is -0.119. The highest BCUT2D eigenvalue weighted by Crippen LogP contribution is 2.36. The Kier molecular flexibility index (Phi) is 11.1. The fourth-order valence-electron chi connectivity index (χ4n) is 3.36. The fraction of sp³-hybridized carbons (Fsp3) is 0.667. The number of hydrogen-bond donors (Lipinski definition) is 3. The van der Waals surface area contributed by atoms with E-state index in [4.69, 9.17) is 0 Å². The second-order valence-electron chi connectivity index (χ2n) is 6.37. The third-order valence-electron chi connectivity index (χ3n) is 4.47. The molecule has 0 bridgehead atoms. The van der Waals surface area contributed by atoms with Crippen LogP contribution in [0.1, 0.15) is 37.6 Å². The van der Waals surface area contributed by atoms with Crippen LogP contribution in [-0.2, 0) is 4.79 Å². The lowest BCUT2D eigenvalue weighted by Crippen LogP contribution is -2.45. The Hall–Kier alpha value is -0.870. The average molecular weight is 493 g/mol. The summed E-state index contributed by atoms with van der Waals surface area (Å²) >= 11 is 1.83. The van der Waals surface area contributed by atoms with Crippen LogP contribution in [0.15, 0.2) is 22.5 Å². The zero-order valence-electron chi connectivity index (χ0n) is 16.0. The Morgan fingerprint density at radius 1 is 1.31 bits per heavy atom. The van der Waals surface area contributed by atoms with Crippen molar-refractivity contribution in [2.45, 2.75) is 32.7 Å². The molecule has 0 spiro atoms. The number of likely N-dealkylation sites (N-methyl/N-ethyl adjacent to an activating group) is 1. The van der Waals surface area contributed by atoms with Gasteiger partial charge in [0.25, 0.3) is 0 Å². The number of aliphatic imine (C=N–C) groups is 1. The fourth-order valence-corrected chi connectivity index (χ4v) is 4.34. The van der Waals surface area contributed by atoms with Crippen molar-refractivity contribution in [3.8, 4) is 0 Å². The van der Waals surface area contributed by atoms with Crippen molar-refractivity contribution in [2.75, 3.05) is 39.8 Å². The van der Waals surface area contributed by atoms with E-state index in [1.54, 1.807) is 0 Å². The molecule has 1 amide bonds. The molecule has 3 N–H and O–H groups in total. The standard InChI is InChI=1S/C18H31N5OS.HI/c1-4-19-16(24)13-22-18(20-5-2)21-12-14-8-6-10-23(3)17(14)15-9-7-11-25-15;/h7,9,11,14,17H,4-6,8,10,12-13H2,1-3H3,(H,19,24)(H2,20,21,22);1H. The lowest BCUT2D eigenvalue weighted by atomic mass is 9.88. The van der Waals surface area contributed by atoms with Crippen molar-refractivity contribution in [1.82, 2.24) is 20.9 Å². The van der Waals surface area contributed by atoms with Crippen molar-refractivity contribution >= 4 is 47.2 Å². The van der Waals surface area contributed by atoms with E-state index in [2.05, 4.69) is 50.4 Å². The Bertz CT molecular complexity index is 552. The first-order valence-electron chi connectivity index (χ1n) is 9.18. The molecule has 2 unspecified atom stereocenters. The van der Waals surface area contributed by atoms with Gasteiger partial charge in [0.1, 0.15) is 6.54 Å². The minimum atomic E-state index is -0.0476. The molecule has 1 saturated heterocycles. The number of amides is 1. The van der Waals surface area contributed by atoms with Crippen molar-refractivity contribution in [3.05, 3.63) is 22.4 Å². The number of nitrogens with one attached hydrogen (secondary N) is 3. The summed E-state index contributed by atoms with van der Waals surface area (Å²) < 4.78 is 0. The first-order chi connectivity index (χ1) is 12.2. The van der Waals surface area contributed by atoms with Crippen LogP contribution in [0.25, 0.3) is 0 Å². The molecule has 2 rings (SSSR count). The summed E-state index contributed by atoms with van der Waals surface area (Å²) in [6.45, 7) is 7.51. The molecule has 26 heavy (non-hydrogen) atoms. The predicted octanol–water partition coefficient (Wildman–Crippen LogP) is 2.44. The van der Waals surface area contributed by atoms with E-state index in [1.165, 1.54) is 17.7 Å². The normalized spacial score (nSPS) is 21.0. The Morgan fingerprint density at radius 3 is 2.73 bits per heavy atom. The quantitative estimate of drug-likeness (QED) is 0.310. The third-order valence-corrected chi connectivity index (χ3v) is 5.42. The van der Waals surface area contributed by atoms with E-state index < -0.39 is 0 Å². The van der Waals surface area contributed by atoms with Crippen molar-refractivity contribution in [2.24, 2.45) is 10.9 Å². The molecule has 2 heterocycles. The Balaban J connectivity index is 0.00000338. The van der Waals surface area contributed by atoms with Gasteiger partial charge in [0.05, 0.1) is 0 Å². The summed E-state index contributed by atoms with van der Waals surface area (Å²) in [5.41, 5.74) is 0. The Morgan fingerprint density at radius 2 is 2.08 bits per heavy atom. The third kappa shape index (κ3) is 7.03. The van der Waals surface area contributed by atoms with Gasteiger partial charge in [-0.2, -0.15) is 0 Å². The van der Waals surface area contributed by atoms with Gasteiger partial charge in [-0.25, -0.2) is 4.99 Å². The first-order valence-corrected chi connectivity index (χ1v) is 10.1. The number of thiophene rings is 1. The summed E-state index contributed by atoms with van der Waals surface area (Å²) in [6.07, 6.45) is 2.42. The zero-order valence-corrected chi connectivity index (χ0v) is 19.1. The minimum Gasteiger partial charge on any atom is -0.357 e. The molecule has 0 aromatic carbocycles. The van der Waals surface area contributed by atoms with Gasteiger partial charge in [0.15, 0.2) is 5.96 Å². The van der Waals surface area contributed by atoms with Crippen LogP contribution in [0.5, 0.6) is 0 Å². The first kappa shape index (κ1) is 23.2. The molecule has 1 aliphatic rings. The molecule has 0 aliphatic carbocycles. The summed E-state index contributed by atoms with van der Waals surface area (Å²) in [4.78, 5) is 19.9. The molecule has 1 aromatic heterocycles. The topological polar surface area (TPSA) is 68.8 Å². The van der Waals surface area contributed by atoms with Gasteiger partial charge in [-0.15, -0.1) is 35.3 Å². The molecule has 1 aliphatic heterocycles. The molecule has 2 atom stereocenters. The number of carbonyl (C=O) groups is 1. The highest BCUT2D eigenvalue weighted by molar-refractivity contribution is 14.0. The molecule has 148 valence electrons. The monoisotopic (exact) mass is 493 g/mol. The second-order valence-corrected chi connectivity index (χ2v) is 7.35. The number of nitrogens with zero attached hydrogens (tertiary/aromatic N) is 2. The number of likely N-dealkylation sites (tertiary alicyclic amines) is 1. The van der Waals surface area contributed by atoms with Gasteiger partial charge in [-0.05, 0) is 57.6 Å². The van der Waals surface area contributed by atoms with Crippen LogP contribution in [0.2, 0.25) is 0 Å². The van der Waals surface area contributed by atoms with E-state index in [0.29, 0.717) is 24.5 Å². The van der Waals surface area contributed by atoms with E-state index in [-0.39, 0.29) is 36.4 Å². The van der Waals surface area contributed by atoms with Crippen LogP contribution in [-0.4, -0.2) is 56.5 Å². The van der Waals surface area contributed by atoms with Crippen LogP contribution in [0.3, 0.4) is 0 Å². The lowest BCUT2D eigenvalue weighted by Gasteiger charge is -2.39. The molecule has 1 aromatic rings. The number of hydrogen-bond acceptors (Lipinski definition) is 4. The van der Waals surface area contributed by atoms with E-state index in [1.807, 2.05) is 25.2 Å². The molecule has 8 heteroatoms. The van der Waals surface area contributed by atoms with E-state index in [9.17, 15) is 4.79 Å². The van der Waals surface area contributed by atoms with Gasteiger partial charge in [-0.3, -0.25) is 9.69 Å². The minimum absolute atomic E-state index is 0. The maximum Gasteiger partial charge on any atom is 0.241 e. The second kappa shape index (κ2) is 12.5. The van der Waals surface area contributed by atoms with Gasteiger partial charge in [0, 0.05) is 30.6 Å². The van der Waals surface area contributed by atoms with E-state index >= 15 is 0 Å². The summed E-state index contributed by atoms with van der Waals surface area (Å²) in [7, 11) is 2.21. The molecular weight excluding hydrogens is 461 g/mol.